The van der Waals surface area contributed by atoms with Gasteiger partial charge in [-0.2, -0.15) is 0 Å². The van der Waals surface area contributed by atoms with Gasteiger partial charge in [0, 0.05) is 52.4 Å². The number of rotatable bonds is 11. The molecule has 26 heavy (non-hydrogen) atoms. The Morgan fingerprint density at radius 3 is 2.50 bits per heavy atom. The molecule has 2 atom stereocenters. The maximum atomic E-state index is 11.9. The number of hydrogen-bond acceptors (Lipinski definition) is 4. The van der Waals surface area contributed by atoms with Crippen molar-refractivity contribution in [3.05, 3.63) is 0 Å². The minimum Gasteiger partial charge on any atom is -0.382 e. The molecule has 0 aromatic carbocycles. The fraction of sp³-hybridized carbons (Fsp3) is 0.895. The molecule has 2 N–H and O–H groups in total. The summed E-state index contributed by atoms with van der Waals surface area (Å²) in [5.74, 6) is 0.684. The largest absolute Gasteiger partial charge is 0.382 e. The molecule has 0 spiro atoms. The Labute approximate surface area is 158 Å². The van der Waals surface area contributed by atoms with Crippen LogP contribution in [-0.4, -0.2) is 76.4 Å². The lowest BCUT2D eigenvalue weighted by atomic mass is 9.58. The zero-order chi connectivity index (χ0) is 19.6. The molecule has 7 heteroatoms. The van der Waals surface area contributed by atoms with Crippen LogP contribution in [0, 0.1) is 5.41 Å². The molecule has 0 aliphatic heterocycles. The lowest BCUT2D eigenvalue weighted by Crippen LogP contribution is -2.65. The third-order valence-electron chi connectivity index (χ3n) is 5.53. The van der Waals surface area contributed by atoms with Crippen LogP contribution in [0.15, 0.2) is 4.99 Å². The smallest absolute Gasteiger partial charge is 0.243 e. The predicted octanol–water partition coefficient (Wildman–Crippen LogP) is 1.63. The van der Waals surface area contributed by atoms with Crippen molar-refractivity contribution in [1.82, 2.24) is 15.5 Å². The van der Waals surface area contributed by atoms with Crippen molar-refractivity contribution >= 4 is 11.9 Å². The molecule has 0 radical (unpaired) electrons. The molecule has 7 nitrogen and oxygen atoms in total. The third kappa shape index (κ3) is 5.84. The average molecular weight is 371 g/mol. The van der Waals surface area contributed by atoms with Gasteiger partial charge in [0.1, 0.15) is 6.54 Å². The molecule has 0 bridgehead atoms. The van der Waals surface area contributed by atoms with E-state index in [1.165, 1.54) is 0 Å². The quantitative estimate of drug-likeness (QED) is 0.328. The number of guanidine groups is 1. The SMILES string of the molecule is CCOCCCNC(=NCC(=O)N(C)C)NC1CC(OC)C1(CC)CC. The first-order chi connectivity index (χ1) is 12.4. The molecule has 1 aliphatic rings. The van der Waals surface area contributed by atoms with E-state index in [0.717, 1.165) is 45.4 Å². The summed E-state index contributed by atoms with van der Waals surface area (Å²) in [5, 5.41) is 6.88. The standard InChI is InChI=1S/C19H38N4O3/c1-7-19(8-2)15(13-16(19)25-6)22-18(20-11-10-12-26-9-3)21-14-17(24)23(4)5/h15-16H,7-14H2,1-6H3,(H2,20,21,22). The normalized spacial score (nSPS) is 21.8. The van der Waals surface area contributed by atoms with Gasteiger partial charge in [-0.1, -0.05) is 13.8 Å². The van der Waals surface area contributed by atoms with Crippen LogP contribution in [0.1, 0.15) is 46.5 Å². The second-order valence-corrected chi connectivity index (χ2v) is 7.03. The lowest BCUT2D eigenvalue weighted by molar-refractivity contribution is -0.127. The summed E-state index contributed by atoms with van der Waals surface area (Å²) in [5.41, 5.74) is 0.119. The number of aliphatic imine (C=N–C) groups is 1. The van der Waals surface area contributed by atoms with E-state index in [0.29, 0.717) is 12.0 Å². The molecular formula is C19H38N4O3. The van der Waals surface area contributed by atoms with Crippen molar-refractivity contribution in [1.29, 1.82) is 0 Å². The number of likely N-dealkylation sites (N-methyl/N-ethyl adjacent to an activating group) is 1. The topological polar surface area (TPSA) is 75.2 Å². The van der Waals surface area contributed by atoms with E-state index in [-0.39, 0.29) is 24.0 Å². The number of amides is 1. The first-order valence-electron chi connectivity index (χ1n) is 9.80. The van der Waals surface area contributed by atoms with Crippen LogP contribution < -0.4 is 10.6 Å². The summed E-state index contributed by atoms with van der Waals surface area (Å²) < 4.78 is 11.1. The van der Waals surface area contributed by atoms with Crippen LogP contribution in [-0.2, 0) is 14.3 Å². The van der Waals surface area contributed by atoms with Crippen LogP contribution in [0.25, 0.3) is 0 Å². The van der Waals surface area contributed by atoms with E-state index >= 15 is 0 Å². The van der Waals surface area contributed by atoms with Crippen LogP contribution in [0.3, 0.4) is 0 Å². The highest BCUT2D eigenvalue weighted by atomic mass is 16.5. The Kier molecular flexibility index (Phi) is 9.94. The molecule has 1 fully saturated rings. The molecule has 1 saturated carbocycles. The first-order valence-corrected chi connectivity index (χ1v) is 9.80. The molecule has 0 aromatic heterocycles. The van der Waals surface area contributed by atoms with Crippen LogP contribution in [0.4, 0.5) is 0 Å². The van der Waals surface area contributed by atoms with Crippen molar-refractivity contribution in [3.8, 4) is 0 Å². The van der Waals surface area contributed by atoms with Crippen molar-refractivity contribution in [2.45, 2.75) is 58.6 Å². The number of hydrogen-bond donors (Lipinski definition) is 2. The van der Waals surface area contributed by atoms with Crippen molar-refractivity contribution in [2.75, 3.05) is 47.5 Å². The molecule has 0 heterocycles. The van der Waals surface area contributed by atoms with E-state index < -0.39 is 0 Å². The zero-order valence-electron chi connectivity index (χ0n) is 17.4. The minimum atomic E-state index is -0.0129. The molecular weight excluding hydrogens is 332 g/mol. The van der Waals surface area contributed by atoms with Gasteiger partial charge in [-0.15, -0.1) is 0 Å². The molecule has 2 unspecified atom stereocenters. The van der Waals surface area contributed by atoms with E-state index in [9.17, 15) is 4.79 Å². The summed E-state index contributed by atoms with van der Waals surface area (Å²) in [6.07, 6.45) is 4.23. The van der Waals surface area contributed by atoms with Gasteiger partial charge in [0.2, 0.25) is 5.91 Å². The van der Waals surface area contributed by atoms with E-state index in [2.05, 4.69) is 29.5 Å². The number of nitrogens with zero attached hydrogens (tertiary/aromatic N) is 2. The second-order valence-electron chi connectivity index (χ2n) is 7.03. The number of carbonyl (C=O) groups is 1. The van der Waals surface area contributed by atoms with Gasteiger partial charge < -0.3 is 25.0 Å². The monoisotopic (exact) mass is 370 g/mol. The van der Waals surface area contributed by atoms with Gasteiger partial charge >= 0.3 is 0 Å². The van der Waals surface area contributed by atoms with Crippen LogP contribution >= 0.6 is 0 Å². The summed E-state index contributed by atoms with van der Waals surface area (Å²) in [4.78, 5) is 17.9. The fourth-order valence-electron chi connectivity index (χ4n) is 3.61. The maximum Gasteiger partial charge on any atom is 0.243 e. The number of nitrogens with one attached hydrogen (secondary N) is 2. The van der Waals surface area contributed by atoms with Crippen LogP contribution in [0.2, 0.25) is 0 Å². The predicted molar refractivity (Wildman–Crippen MR) is 105 cm³/mol. The van der Waals surface area contributed by atoms with Gasteiger partial charge in [-0.25, -0.2) is 4.99 Å². The van der Waals surface area contributed by atoms with E-state index in [1.807, 2.05) is 6.92 Å². The molecule has 0 aromatic rings. The van der Waals surface area contributed by atoms with Gasteiger partial charge in [0.15, 0.2) is 5.96 Å². The minimum absolute atomic E-state index is 0.0129. The van der Waals surface area contributed by atoms with Crippen molar-refractivity contribution in [3.63, 3.8) is 0 Å². The van der Waals surface area contributed by atoms with E-state index in [1.54, 1.807) is 26.1 Å². The highest BCUT2D eigenvalue weighted by Crippen LogP contribution is 2.48. The molecule has 0 saturated heterocycles. The highest BCUT2D eigenvalue weighted by molar-refractivity contribution is 5.85. The van der Waals surface area contributed by atoms with Gasteiger partial charge in [-0.3, -0.25) is 4.79 Å². The Morgan fingerprint density at radius 2 is 1.96 bits per heavy atom. The second kappa shape index (κ2) is 11.4. The first kappa shape index (κ1) is 22.7. The van der Waals surface area contributed by atoms with E-state index in [4.69, 9.17) is 9.47 Å². The summed E-state index contributed by atoms with van der Waals surface area (Å²) >= 11 is 0. The summed E-state index contributed by atoms with van der Waals surface area (Å²) in [6, 6.07) is 0.301. The average Bonchev–Trinajstić information content (AvgIpc) is 2.62. The number of carbonyl (C=O) groups excluding carboxylic acids is 1. The molecule has 1 aliphatic carbocycles. The van der Waals surface area contributed by atoms with Crippen molar-refractivity contribution < 1.29 is 14.3 Å². The summed E-state index contributed by atoms with van der Waals surface area (Å²) in [6.45, 7) is 8.76. The Morgan fingerprint density at radius 1 is 1.27 bits per heavy atom. The highest BCUT2D eigenvalue weighted by Gasteiger charge is 2.53. The fourth-order valence-corrected chi connectivity index (χ4v) is 3.61. The number of methoxy groups -OCH3 is 1. The lowest BCUT2D eigenvalue weighted by Gasteiger charge is -2.55. The number of ether oxygens (including phenoxy) is 2. The van der Waals surface area contributed by atoms with Gasteiger partial charge in [0.25, 0.3) is 0 Å². The maximum absolute atomic E-state index is 11.9. The summed E-state index contributed by atoms with van der Waals surface area (Å²) in [7, 11) is 5.28. The Hall–Kier alpha value is -1.34. The van der Waals surface area contributed by atoms with Gasteiger partial charge in [0.05, 0.1) is 6.10 Å². The van der Waals surface area contributed by atoms with Crippen LogP contribution in [0.5, 0.6) is 0 Å². The zero-order valence-corrected chi connectivity index (χ0v) is 17.4. The Bertz CT molecular complexity index is 450. The molecule has 1 rings (SSSR count). The third-order valence-corrected chi connectivity index (χ3v) is 5.53. The molecule has 152 valence electrons. The molecule has 1 amide bonds. The van der Waals surface area contributed by atoms with Crippen molar-refractivity contribution in [2.24, 2.45) is 10.4 Å². The Balaban J connectivity index is 2.71. The van der Waals surface area contributed by atoms with Gasteiger partial charge in [-0.05, 0) is 32.6 Å².